The molecule has 4 heteroatoms. The molecular weight excluding hydrogens is 262 g/mol. The summed E-state index contributed by atoms with van der Waals surface area (Å²) in [5.74, 6) is 1.07. The first-order chi connectivity index (χ1) is 9.84. The minimum absolute atomic E-state index is 0.112. The van der Waals surface area contributed by atoms with E-state index < -0.39 is 0 Å². The van der Waals surface area contributed by atoms with Crippen LogP contribution in [0.15, 0.2) is 24.3 Å². The zero-order valence-corrected chi connectivity index (χ0v) is 13.4. The van der Waals surface area contributed by atoms with Crippen molar-refractivity contribution in [1.29, 1.82) is 0 Å². The van der Waals surface area contributed by atoms with Gasteiger partial charge in [0.05, 0.1) is 28.3 Å². The van der Waals surface area contributed by atoms with Gasteiger partial charge in [-0.3, -0.25) is 0 Å². The molecule has 3 rings (SSSR count). The Morgan fingerprint density at radius 3 is 2.62 bits per heavy atom. The zero-order chi connectivity index (χ0) is 15.3. The minimum Gasteiger partial charge on any atom is -0.367 e. The topological polar surface area (TPSA) is 53.1 Å². The van der Waals surface area contributed by atoms with E-state index in [1.807, 2.05) is 6.07 Å². The predicted molar refractivity (Wildman–Crippen MR) is 85.4 cm³/mol. The molecule has 2 heterocycles. The van der Waals surface area contributed by atoms with Crippen molar-refractivity contribution in [3.05, 3.63) is 30.1 Å². The quantitative estimate of drug-likeness (QED) is 0.944. The van der Waals surface area contributed by atoms with Gasteiger partial charge in [-0.2, -0.15) is 0 Å². The Morgan fingerprint density at radius 2 is 2.00 bits per heavy atom. The van der Waals surface area contributed by atoms with Crippen LogP contribution in [0, 0.1) is 0 Å². The summed E-state index contributed by atoms with van der Waals surface area (Å²) < 4.78 is 8.63. The number of nitrogens with zero attached hydrogens (tertiary/aromatic N) is 2. The van der Waals surface area contributed by atoms with Crippen LogP contribution < -0.4 is 5.73 Å². The van der Waals surface area contributed by atoms with Gasteiger partial charge in [0, 0.05) is 6.42 Å². The molecule has 1 unspecified atom stereocenters. The van der Waals surface area contributed by atoms with E-state index in [4.69, 9.17) is 15.5 Å². The van der Waals surface area contributed by atoms with Crippen LogP contribution in [-0.4, -0.2) is 27.3 Å². The molecule has 0 saturated carbocycles. The Labute approximate surface area is 126 Å². The molecular formula is C17H25N3O. The van der Waals surface area contributed by atoms with Gasteiger partial charge in [-0.15, -0.1) is 0 Å². The van der Waals surface area contributed by atoms with Gasteiger partial charge in [-0.25, -0.2) is 4.98 Å². The van der Waals surface area contributed by atoms with Crippen molar-refractivity contribution in [1.82, 2.24) is 9.55 Å². The lowest BCUT2D eigenvalue weighted by Gasteiger charge is -2.29. The number of benzene rings is 1. The molecule has 2 aromatic rings. The largest absolute Gasteiger partial charge is 0.367 e. The van der Waals surface area contributed by atoms with E-state index in [0.29, 0.717) is 6.54 Å². The maximum absolute atomic E-state index is 6.27. The SMILES string of the molecule is CC1(C)CC(n2c(CCN)nc3ccccc32)C(C)(C)O1. The molecule has 1 atom stereocenters. The third-order valence-corrected chi connectivity index (χ3v) is 4.38. The maximum atomic E-state index is 6.27. The Hall–Kier alpha value is -1.39. The summed E-state index contributed by atoms with van der Waals surface area (Å²) in [7, 11) is 0. The van der Waals surface area contributed by atoms with Gasteiger partial charge in [0.15, 0.2) is 0 Å². The molecule has 0 radical (unpaired) electrons. The van der Waals surface area contributed by atoms with Gasteiger partial charge < -0.3 is 15.0 Å². The van der Waals surface area contributed by atoms with Crippen molar-refractivity contribution in [2.45, 2.75) is 57.8 Å². The van der Waals surface area contributed by atoms with Gasteiger partial charge in [-0.05, 0) is 52.8 Å². The lowest BCUT2D eigenvalue weighted by molar-refractivity contribution is -0.0728. The van der Waals surface area contributed by atoms with Crippen LogP contribution in [-0.2, 0) is 11.2 Å². The number of aromatic nitrogens is 2. The van der Waals surface area contributed by atoms with Crippen molar-refractivity contribution in [3.8, 4) is 0 Å². The number of nitrogens with two attached hydrogens (primary N) is 1. The molecule has 1 aromatic heterocycles. The van der Waals surface area contributed by atoms with Crippen LogP contribution in [0.5, 0.6) is 0 Å². The molecule has 1 fully saturated rings. The lowest BCUT2D eigenvalue weighted by atomic mass is 9.93. The normalized spacial score (nSPS) is 23.8. The second-order valence-electron chi connectivity index (χ2n) is 7.11. The summed E-state index contributed by atoms with van der Waals surface area (Å²) in [6.07, 6.45) is 1.78. The first kappa shape index (κ1) is 14.5. The Morgan fingerprint density at radius 1 is 1.29 bits per heavy atom. The molecule has 0 spiro atoms. The fourth-order valence-corrected chi connectivity index (χ4v) is 3.68. The highest BCUT2D eigenvalue weighted by atomic mass is 16.5. The monoisotopic (exact) mass is 287 g/mol. The van der Waals surface area contributed by atoms with Crippen molar-refractivity contribution < 1.29 is 4.74 Å². The van der Waals surface area contributed by atoms with Crippen molar-refractivity contribution >= 4 is 11.0 Å². The second-order valence-corrected chi connectivity index (χ2v) is 7.11. The molecule has 0 bridgehead atoms. The van der Waals surface area contributed by atoms with Crippen LogP contribution in [0.4, 0.5) is 0 Å². The number of para-hydroxylation sites is 2. The highest BCUT2D eigenvalue weighted by molar-refractivity contribution is 5.76. The first-order valence-corrected chi connectivity index (χ1v) is 7.70. The Bertz CT molecular complexity index is 657. The number of ether oxygens (including phenoxy) is 1. The summed E-state index contributed by atoms with van der Waals surface area (Å²) in [6, 6.07) is 8.59. The summed E-state index contributed by atoms with van der Waals surface area (Å²) in [5.41, 5.74) is 7.69. The van der Waals surface area contributed by atoms with E-state index in [-0.39, 0.29) is 17.2 Å². The van der Waals surface area contributed by atoms with Gasteiger partial charge in [0.25, 0.3) is 0 Å². The zero-order valence-electron chi connectivity index (χ0n) is 13.4. The van der Waals surface area contributed by atoms with Crippen LogP contribution in [0.25, 0.3) is 11.0 Å². The molecule has 114 valence electrons. The number of hydrogen-bond acceptors (Lipinski definition) is 3. The molecule has 1 saturated heterocycles. The summed E-state index contributed by atoms with van der Waals surface area (Å²) in [6.45, 7) is 9.29. The average Bonchev–Trinajstić information content (AvgIpc) is 2.82. The summed E-state index contributed by atoms with van der Waals surface area (Å²) in [5, 5.41) is 0. The van der Waals surface area contributed by atoms with Gasteiger partial charge >= 0.3 is 0 Å². The molecule has 1 aliphatic rings. The molecule has 0 aliphatic carbocycles. The molecule has 21 heavy (non-hydrogen) atoms. The highest BCUT2D eigenvalue weighted by Gasteiger charge is 2.47. The second kappa shape index (κ2) is 4.82. The van der Waals surface area contributed by atoms with E-state index in [0.717, 1.165) is 24.2 Å². The molecule has 1 aliphatic heterocycles. The predicted octanol–water partition coefficient (Wildman–Crippen LogP) is 3.06. The van der Waals surface area contributed by atoms with Crippen LogP contribution in [0.3, 0.4) is 0 Å². The third kappa shape index (κ3) is 2.47. The molecule has 1 aromatic carbocycles. The van der Waals surface area contributed by atoms with Crippen LogP contribution >= 0.6 is 0 Å². The summed E-state index contributed by atoms with van der Waals surface area (Å²) in [4.78, 5) is 4.79. The van der Waals surface area contributed by atoms with E-state index >= 15 is 0 Å². The van der Waals surface area contributed by atoms with Gasteiger partial charge in [0.2, 0.25) is 0 Å². The van der Waals surface area contributed by atoms with Crippen molar-refractivity contribution in [2.75, 3.05) is 6.54 Å². The van der Waals surface area contributed by atoms with Crippen LogP contribution in [0.1, 0.15) is 46.0 Å². The molecule has 4 nitrogen and oxygen atoms in total. The average molecular weight is 287 g/mol. The molecule has 0 amide bonds. The minimum atomic E-state index is -0.212. The lowest BCUT2D eigenvalue weighted by Crippen LogP contribution is -2.32. The van der Waals surface area contributed by atoms with Gasteiger partial charge in [-0.1, -0.05) is 12.1 Å². The number of fused-ring (bicyclic) bond motifs is 1. The Balaban J connectivity index is 2.16. The summed E-state index contributed by atoms with van der Waals surface area (Å²) >= 11 is 0. The number of imidazole rings is 1. The van der Waals surface area contributed by atoms with E-state index in [2.05, 4.69) is 50.5 Å². The number of hydrogen-bond donors (Lipinski definition) is 1. The smallest absolute Gasteiger partial charge is 0.111 e. The fourth-order valence-electron chi connectivity index (χ4n) is 3.68. The fraction of sp³-hybridized carbons (Fsp3) is 0.588. The van der Waals surface area contributed by atoms with Crippen molar-refractivity contribution in [3.63, 3.8) is 0 Å². The Kier molecular flexibility index (Phi) is 3.34. The van der Waals surface area contributed by atoms with E-state index in [9.17, 15) is 0 Å². The van der Waals surface area contributed by atoms with E-state index in [1.54, 1.807) is 0 Å². The van der Waals surface area contributed by atoms with Crippen LogP contribution in [0.2, 0.25) is 0 Å². The van der Waals surface area contributed by atoms with Gasteiger partial charge in [0.1, 0.15) is 5.82 Å². The standard InChI is InChI=1S/C17H25N3O/c1-16(2)11-14(17(3,4)21-16)20-13-8-6-5-7-12(13)19-15(20)9-10-18/h5-8,14H,9-11,18H2,1-4H3. The maximum Gasteiger partial charge on any atom is 0.111 e. The first-order valence-electron chi connectivity index (χ1n) is 7.70. The van der Waals surface area contributed by atoms with E-state index in [1.165, 1.54) is 5.52 Å². The highest BCUT2D eigenvalue weighted by Crippen LogP contribution is 2.46. The van der Waals surface area contributed by atoms with Crippen molar-refractivity contribution in [2.24, 2.45) is 5.73 Å². The number of rotatable bonds is 3. The third-order valence-electron chi connectivity index (χ3n) is 4.38. The molecule has 2 N–H and O–H groups in total.